The maximum Gasteiger partial charge on any atom is 0.265 e. The molecule has 0 saturated carbocycles. The van der Waals surface area contributed by atoms with Crippen molar-refractivity contribution in [3.8, 4) is 5.75 Å². The topological polar surface area (TPSA) is 49.9 Å². The van der Waals surface area contributed by atoms with E-state index in [-0.39, 0.29) is 23.8 Å². The normalized spacial score (nSPS) is 19.1. The van der Waals surface area contributed by atoms with Crippen LogP contribution in [-0.2, 0) is 10.2 Å². The Balaban J connectivity index is 1.60. The first-order chi connectivity index (χ1) is 14.3. The third-order valence-electron chi connectivity index (χ3n) is 5.96. The molecule has 0 aromatic heterocycles. The third kappa shape index (κ3) is 4.07. The first-order valence-corrected chi connectivity index (χ1v) is 10.8. The molecule has 1 saturated heterocycles. The summed E-state index contributed by atoms with van der Waals surface area (Å²) in [5.41, 5.74) is 2.53. The Kier molecular flexibility index (Phi) is 5.54. The molecule has 0 N–H and O–H groups in total. The van der Waals surface area contributed by atoms with E-state index in [0.29, 0.717) is 17.0 Å². The van der Waals surface area contributed by atoms with Crippen LogP contribution < -0.4 is 9.64 Å². The van der Waals surface area contributed by atoms with E-state index < -0.39 is 6.10 Å². The lowest BCUT2D eigenvalue weighted by molar-refractivity contribution is -0.139. The van der Waals surface area contributed by atoms with E-state index in [4.69, 9.17) is 4.74 Å². The fraction of sp³-hybridized carbons (Fsp3) is 0.440. The standard InChI is InChI=1S/C25H30N2O3/c1-25(2,3)19-13-11-18(12-14-19)23(28)27-17-22(24(29)26-15-7-4-8-16-26)30-21-10-6-5-9-20(21)27/h5-6,9-14,22H,4,7-8,15-17H2,1-3H3/t22-/m0/s1. The molecule has 1 fully saturated rings. The largest absolute Gasteiger partial charge is 0.476 e. The van der Waals surface area contributed by atoms with Crippen molar-refractivity contribution in [1.82, 2.24) is 4.90 Å². The van der Waals surface area contributed by atoms with Gasteiger partial charge in [-0.05, 0) is 54.5 Å². The van der Waals surface area contributed by atoms with Crippen molar-refractivity contribution in [1.29, 1.82) is 0 Å². The summed E-state index contributed by atoms with van der Waals surface area (Å²) in [5.74, 6) is 0.450. The van der Waals surface area contributed by atoms with Crippen LogP contribution in [-0.4, -0.2) is 42.5 Å². The zero-order valence-corrected chi connectivity index (χ0v) is 18.1. The van der Waals surface area contributed by atoms with E-state index in [2.05, 4.69) is 20.8 Å². The van der Waals surface area contributed by atoms with Crippen LogP contribution >= 0.6 is 0 Å². The Morgan fingerprint density at radius 3 is 2.27 bits per heavy atom. The van der Waals surface area contributed by atoms with Crippen molar-refractivity contribution >= 4 is 17.5 Å². The number of amides is 2. The Bertz CT molecular complexity index is 924. The van der Waals surface area contributed by atoms with Crippen LogP contribution in [0.4, 0.5) is 5.69 Å². The maximum absolute atomic E-state index is 13.4. The summed E-state index contributed by atoms with van der Waals surface area (Å²) >= 11 is 0. The minimum atomic E-state index is -0.671. The molecule has 5 nitrogen and oxygen atoms in total. The molecule has 5 heteroatoms. The molecule has 0 unspecified atom stereocenters. The number of rotatable bonds is 2. The van der Waals surface area contributed by atoms with Crippen LogP contribution in [0.3, 0.4) is 0 Å². The van der Waals surface area contributed by atoms with Gasteiger partial charge in [0, 0.05) is 18.7 Å². The monoisotopic (exact) mass is 406 g/mol. The number of nitrogens with zero attached hydrogens (tertiary/aromatic N) is 2. The molecule has 0 bridgehead atoms. The summed E-state index contributed by atoms with van der Waals surface area (Å²) in [6, 6.07) is 15.2. The van der Waals surface area contributed by atoms with Gasteiger partial charge in [0.15, 0.2) is 6.10 Å². The second-order valence-electron chi connectivity index (χ2n) is 9.20. The average molecular weight is 407 g/mol. The van der Waals surface area contributed by atoms with Gasteiger partial charge in [-0.3, -0.25) is 9.59 Å². The molecule has 2 aliphatic rings. The second-order valence-corrected chi connectivity index (χ2v) is 9.20. The van der Waals surface area contributed by atoms with E-state index in [1.54, 1.807) is 4.90 Å². The number of carbonyl (C=O) groups is 2. The minimum absolute atomic E-state index is 0.0231. The van der Waals surface area contributed by atoms with E-state index in [1.165, 1.54) is 5.56 Å². The number of piperidine rings is 1. The Morgan fingerprint density at radius 2 is 1.60 bits per heavy atom. The van der Waals surface area contributed by atoms with Gasteiger partial charge in [-0.25, -0.2) is 0 Å². The number of ether oxygens (including phenoxy) is 1. The molecular formula is C25H30N2O3. The number of anilines is 1. The minimum Gasteiger partial charge on any atom is -0.476 e. The van der Waals surface area contributed by atoms with E-state index >= 15 is 0 Å². The van der Waals surface area contributed by atoms with Crippen molar-refractivity contribution in [3.05, 3.63) is 59.7 Å². The number of hydrogen-bond acceptors (Lipinski definition) is 3. The predicted octanol–water partition coefficient (Wildman–Crippen LogP) is 4.40. The molecule has 0 radical (unpaired) electrons. The van der Waals surface area contributed by atoms with Crippen molar-refractivity contribution < 1.29 is 14.3 Å². The smallest absolute Gasteiger partial charge is 0.265 e. The van der Waals surface area contributed by atoms with Crippen LogP contribution in [0.2, 0.25) is 0 Å². The number of benzene rings is 2. The fourth-order valence-corrected chi connectivity index (χ4v) is 4.14. The van der Waals surface area contributed by atoms with Gasteiger partial charge in [0.1, 0.15) is 5.75 Å². The molecule has 2 heterocycles. The Labute approximate surface area is 178 Å². The molecule has 30 heavy (non-hydrogen) atoms. The van der Waals surface area contributed by atoms with Gasteiger partial charge in [0.05, 0.1) is 12.2 Å². The lowest BCUT2D eigenvalue weighted by Crippen LogP contribution is -2.52. The van der Waals surface area contributed by atoms with Crippen molar-refractivity contribution in [3.63, 3.8) is 0 Å². The first-order valence-electron chi connectivity index (χ1n) is 10.8. The maximum atomic E-state index is 13.4. The van der Waals surface area contributed by atoms with Crippen LogP contribution in [0, 0.1) is 0 Å². The fourth-order valence-electron chi connectivity index (χ4n) is 4.14. The Hall–Kier alpha value is -2.82. The number of likely N-dealkylation sites (tertiary alicyclic amines) is 1. The molecule has 4 rings (SSSR count). The van der Waals surface area contributed by atoms with Crippen molar-refractivity contribution in [2.75, 3.05) is 24.5 Å². The van der Waals surface area contributed by atoms with Crippen molar-refractivity contribution in [2.45, 2.75) is 51.6 Å². The first kappa shape index (κ1) is 20.5. The SMILES string of the molecule is CC(C)(C)c1ccc(C(=O)N2C[C@@H](C(=O)N3CCCCC3)Oc3ccccc32)cc1. The second kappa shape index (κ2) is 8.13. The van der Waals surface area contributed by atoms with Crippen molar-refractivity contribution in [2.24, 2.45) is 0 Å². The average Bonchev–Trinajstić information content (AvgIpc) is 2.77. The molecule has 158 valence electrons. The van der Waals surface area contributed by atoms with Gasteiger partial charge < -0.3 is 14.5 Å². The van der Waals surface area contributed by atoms with Gasteiger partial charge in [-0.1, -0.05) is 45.0 Å². The molecular weight excluding hydrogens is 376 g/mol. The van der Waals surface area contributed by atoms with Gasteiger partial charge in [-0.15, -0.1) is 0 Å². The van der Waals surface area contributed by atoms with E-state index in [0.717, 1.165) is 32.4 Å². The molecule has 2 amide bonds. The number of para-hydroxylation sites is 2. The predicted molar refractivity (Wildman–Crippen MR) is 118 cm³/mol. The summed E-state index contributed by atoms with van der Waals surface area (Å²) < 4.78 is 6.04. The summed E-state index contributed by atoms with van der Waals surface area (Å²) in [7, 11) is 0. The zero-order chi connectivity index (χ0) is 21.3. The highest BCUT2D eigenvalue weighted by Gasteiger charge is 2.36. The van der Waals surface area contributed by atoms with Crippen LogP contribution in [0.5, 0.6) is 5.75 Å². The Morgan fingerprint density at radius 1 is 0.933 bits per heavy atom. The zero-order valence-electron chi connectivity index (χ0n) is 18.1. The number of carbonyl (C=O) groups excluding carboxylic acids is 2. The molecule has 0 spiro atoms. The molecule has 2 aromatic rings. The highest BCUT2D eigenvalue weighted by atomic mass is 16.5. The summed E-state index contributed by atoms with van der Waals surface area (Å²) in [5, 5.41) is 0. The van der Waals surface area contributed by atoms with Gasteiger partial charge >= 0.3 is 0 Å². The summed E-state index contributed by atoms with van der Waals surface area (Å²) in [6.45, 7) is 8.22. The lowest BCUT2D eigenvalue weighted by Gasteiger charge is -2.37. The van der Waals surface area contributed by atoms with Crippen LogP contribution in [0.15, 0.2) is 48.5 Å². The van der Waals surface area contributed by atoms with E-state index in [9.17, 15) is 9.59 Å². The summed E-state index contributed by atoms with van der Waals surface area (Å²) in [6.07, 6.45) is 2.54. The van der Waals surface area contributed by atoms with Gasteiger partial charge in [0.2, 0.25) is 0 Å². The molecule has 2 aliphatic heterocycles. The summed E-state index contributed by atoms with van der Waals surface area (Å²) in [4.78, 5) is 30.1. The number of hydrogen-bond donors (Lipinski definition) is 0. The van der Waals surface area contributed by atoms with Crippen LogP contribution in [0.25, 0.3) is 0 Å². The van der Waals surface area contributed by atoms with Crippen LogP contribution in [0.1, 0.15) is 56.0 Å². The molecule has 2 aromatic carbocycles. The molecule has 1 atom stereocenters. The van der Waals surface area contributed by atoms with Gasteiger partial charge in [0.25, 0.3) is 11.8 Å². The third-order valence-corrected chi connectivity index (χ3v) is 5.96. The molecule has 0 aliphatic carbocycles. The number of fused-ring (bicyclic) bond motifs is 1. The van der Waals surface area contributed by atoms with E-state index in [1.807, 2.05) is 53.4 Å². The highest BCUT2D eigenvalue weighted by Crippen LogP contribution is 2.35. The van der Waals surface area contributed by atoms with Gasteiger partial charge in [-0.2, -0.15) is 0 Å². The quantitative estimate of drug-likeness (QED) is 0.743. The lowest BCUT2D eigenvalue weighted by atomic mass is 9.86. The highest BCUT2D eigenvalue weighted by molar-refractivity contribution is 6.08.